The minimum atomic E-state index is -1.53. The number of aliphatic hydroxyl groups excluding tert-OH is 1. The third-order valence-corrected chi connectivity index (χ3v) is 5.07. The molecule has 1 amide bonds. The maximum Gasteiger partial charge on any atom is 0.314 e. The highest BCUT2D eigenvalue weighted by atomic mass is 19.1. The normalized spacial score (nSPS) is 22.4. The first-order valence-corrected chi connectivity index (χ1v) is 8.73. The van der Waals surface area contributed by atoms with Gasteiger partial charge in [0.2, 0.25) is 5.91 Å². The Morgan fingerprint density at radius 3 is 2.59 bits per heavy atom. The predicted octanol–water partition coefficient (Wildman–Crippen LogP) is 1.67. The summed E-state index contributed by atoms with van der Waals surface area (Å²) in [4.78, 5) is 30.2. The van der Waals surface area contributed by atoms with Crippen LogP contribution < -0.4 is 0 Å². The molecular weight excluding hydrogens is 351 g/mol. The van der Waals surface area contributed by atoms with Gasteiger partial charge in [-0.15, -0.1) is 0 Å². The van der Waals surface area contributed by atoms with Crippen LogP contribution in [0.25, 0.3) is 0 Å². The molecule has 0 saturated carbocycles. The number of benzene rings is 1. The van der Waals surface area contributed by atoms with Gasteiger partial charge < -0.3 is 15.1 Å². The summed E-state index contributed by atoms with van der Waals surface area (Å²) < 4.78 is 13.1. The second kappa shape index (κ2) is 7.84. The molecule has 2 atom stereocenters. The number of hydrogen-bond donors (Lipinski definition) is 2. The van der Waals surface area contributed by atoms with Crippen molar-refractivity contribution in [1.29, 1.82) is 0 Å². The number of halogens is 1. The number of hydrogen-bond acceptors (Lipinski definition) is 4. The fourth-order valence-electron chi connectivity index (χ4n) is 3.51. The molecule has 6 nitrogen and oxygen atoms in total. The molecular formula is C20H21FN2O4. The lowest BCUT2D eigenvalue weighted by molar-refractivity contribution is -0.165. The van der Waals surface area contributed by atoms with E-state index in [-0.39, 0.29) is 31.7 Å². The lowest BCUT2D eigenvalue weighted by Crippen LogP contribution is -2.58. The predicted molar refractivity (Wildman–Crippen MR) is 95.3 cm³/mol. The van der Waals surface area contributed by atoms with Crippen molar-refractivity contribution in [2.24, 2.45) is 5.41 Å². The summed E-state index contributed by atoms with van der Waals surface area (Å²) in [5.41, 5.74) is -0.187. The van der Waals surface area contributed by atoms with Crippen molar-refractivity contribution in [2.75, 3.05) is 13.1 Å². The zero-order valence-electron chi connectivity index (χ0n) is 14.7. The number of nitrogens with zero attached hydrogens (tertiary/aromatic N) is 2. The molecule has 0 aliphatic carbocycles. The number of carboxylic acid groups (broad SMARTS) is 1. The number of aromatic nitrogens is 1. The number of amides is 1. The molecule has 0 spiro atoms. The topological polar surface area (TPSA) is 90.7 Å². The van der Waals surface area contributed by atoms with Crippen LogP contribution in [-0.2, 0) is 22.4 Å². The van der Waals surface area contributed by atoms with Crippen molar-refractivity contribution in [1.82, 2.24) is 9.88 Å². The van der Waals surface area contributed by atoms with Gasteiger partial charge in [0.05, 0.1) is 12.5 Å². The molecule has 142 valence electrons. The number of carbonyl (C=O) groups excluding carboxylic acids is 1. The van der Waals surface area contributed by atoms with Gasteiger partial charge in [0.1, 0.15) is 11.2 Å². The molecule has 0 bridgehead atoms. The number of carbonyl (C=O) groups is 2. The molecule has 0 unspecified atom stereocenters. The zero-order valence-corrected chi connectivity index (χ0v) is 14.7. The van der Waals surface area contributed by atoms with Crippen LogP contribution >= 0.6 is 0 Å². The largest absolute Gasteiger partial charge is 0.481 e. The maximum atomic E-state index is 13.1. The summed E-state index contributed by atoms with van der Waals surface area (Å²) >= 11 is 0. The molecule has 2 aromatic rings. The van der Waals surface area contributed by atoms with Gasteiger partial charge in [-0.1, -0.05) is 18.2 Å². The van der Waals surface area contributed by atoms with Crippen LogP contribution in [0.15, 0.2) is 48.8 Å². The van der Waals surface area contributed by atoms with Crippen molar-refractivity contribution in [3.05, 3.63) is 65.7 Å². The van der Waals surface area contributed by atoms with E-state index < -0.39 is 23.3 Å². The third kappa shape index (κ3) is 4.14. The van der Waals surface area contributed by atoms with Gasteiger partial charge in [-0.3, -0.25) is 14.6 Å². The number of aliphatic hydroxyl groups is 1. The standard InChI is InChI=1S/C20H21FN2O4/c21-16-5-3-14(4-6-16)11-20(19(26)27)13-23(9-7-17(20)24)18(25)10-15-2-1-8-22-12-15/h1-6,8,12,17,24H,7,9-11,13H2,(H,26,27)/t17-,20-/m1/s1. The minimum Gasteiger partial charge on any atom is -0.481 e. The summed E-state index contributed by atoms with van der Waals surface area (Å²) in [6.45, 7) is 0.193. The molecule has 2 heterocycles. The number of likely N-dealkylation sites (tertiary alicyclic amines) is 1. The van der Waals surface area contributed by atoms with Crippen molar-refractivity contribution in [3.63, 3.8) is 0 Å². The summed E-state index contributed by atoms with van der Waals surface area (Å²) in [6, 6.07) is 9.04. The Morgan fingerprint density at radius 1 is 1.22 bits per heavy atom. The highest BCUT2D eigenvalue weighted by molar-refractivity contribution is 5.82. The maximum absolute atomic E-state index is 13.1. The fourth-order valence-corrected chi connectivity index (χ4v) is 3.51. The molecule has 1 saturated heterocycles. The summed E-state index contributed by atoms with van der Waals surface area (Å²) in [6.07, 6.45) is 2.42. The number of rotatable bonds is 5. The lowest BCUT2D eigenvalue weighted by Gasteiger charge is -2.43. The van der Waals surface area contributed by atoms with Gasteiger partial charge >= 0.3 is 5.97 Å². The Kier molecular flexibility index (Phi) is 5.51. The van der Waals surface area contributed by atoms with E-state index in [1.807, 2.05) is 0 Å². The second-order valence-electron chi connectivity index (χ2n) is 6.92. The average molecular weight is 372 g/mol. The Bertz CT molecular complexity index is 812. The van der Waals surface area contributed by atoms with E-state index >= 15 is 0 Å². The highest BCUT2D eigenvalue weighted by Gasteiger charge is 2.50. The van der Waals surface area contributed by atoms with Crippen LogP contribution in [0.3, 0.4) is 0 Å². The minimum absolute atomic E-state index is 0.0143. The number of piperidine rings is 1. The molecule has 1 aromatic heterocycles. The molecule has 0 radical (unpaired) electrons. The Balaban J connectivity index is 1.81. The lowest BCUT2D eigenvalue weighted by atomic mass is 9.72. The van der Waals surface area contributed by atoms with Gasteiger partial charge in [-0.2, -0.15) is 0 Å². The summed E-state index contributed by atoms with van der Waals surface area (Å²) in [5, 5.41) is 20.4. The van der Waals surface area contributed by atoms with Crippen molar-refractivity contribution in [3.8, 4) is 0 Å². The van der Waals surface area contributed by atoms with E-state index in [4.69, 9.17) is 0 Å². The smallest absolute Gasteiger partial charge is 0.314 e. The zero-order chi connectivity index (χ0) is 19.4. The number of aliphatic carboxylic acids is 1. The summed E-state index contributed by atoms with van der Waals surface area (Å²) in [7, 11) is 0. The van der Waals surface area contributed by atoms with Gasteiger partial charge in [-0.05, 0) is 42.2 Å². The highest BCUT2D eigenvalue weighted by Crippen LogP contribution is 2.35. The Hall–Kier alpha value is -2.80. The number of pyridine rings is 1. The van der Waals surface area contributed by atoms with Crippen LogP contribution in [0.2, 0.25) is 0 Å². The SMILES string of the molecule is O=C(Cc1cccnc1)N1CC[C@@H](O)[C@](Cc2ccc(F)cc2)(C(=O)O)C1. The van der Waals surface area contributed by atoms with Crippen LogP contribution in [-0.4, -0.2) is 51.2 Å². The molecule has 7 heteroatoms. The van der Waals surface area contributed by atoms with Crippen molar-refractivity contribution < 1.29 is 24.2 Å². The molecule has 2 N–H and O–H groups in total. The van der Waals surface area contributed by atoms with E-state index in [2.05, 4.69) is 4.98 Å². The quantitative estimate of drug-likeness (QED) is 0.833. The average Bonchev–Trinajstić information content (AvgIpc) is 2.66. The van der Waals surface area contributed by atoms with Crippen LogP contribution in [0.1, 0.15) is 17.5 Å². The van der Waals surface area contributed by atoms with Crippen molar-refractivity contribution in [2.45, 2.75) is 25.4 Å². The first-order chi connectivity index (χ1) is 12.9. The monoisotopic (exact) mass is 372 g/mol. The van der Waals surface area contributed by atoms with Gasteiger partial charge in [0.25, 0.3) is 0 Å². The van der Waals surface area contributed by atoms with E-state index in [1.54, 1.807) is 24.5 Å². The van der Waals surface area contributed by atoms with Crippen LogP contribution in [0.4, 0.5) is 4.39 Å². The fraction of sp³-hybridized carbons (Fsp3) is 0.350. The van der Waals surface area contributed by atoms with E-state index in [9.17, 15) is 24.2 Å². The van der Waals surface area contributed by atoms with Gasteiger partial charge in [0.15, 0.2) is 0 Å². The molecule has 27 heavy (non-hydrogen) atoms. The van der Waals surface area contributed by atoms with E-state index in [1.165, 1.54) is 29.2 Å². The van der Waals surface area contributed by atoms with E-state index in [0.29, 0.717) is 12.1 Å². The Labute approximate surface area is 156 Å². The van der Waals surface area contributed by atoms with E-state index in [0.717, 1.165) is 5.56 Å². The molecule has 1 aliphatic rings. The van der Waals surface area contributed by atoms with Gasteiger partial charge in [-0.25, -0.2) is 4.39 Å². The third-order valence-electron chi connectivity index (χ3n) is 5.07. The second-order valence-corrected chi connectivity index (χ2v) is 6.92. The number of carboxylic acids is 1. The molecule has 3 rings (SSSR count). The van der Waals surface area contributed by atoms with Gasteiger partial charge in [0, 0.05) is 25.5 Å². The summed E-state index contributed by atoms with van der Waals surface area (Å²) in [5.74, 6) is -1.79. The first-order valence-electron chi connectivity index (χ1n) is 8.73. The van der Waals surface area contributed by atoms with Crippen LogP contribution in [0, 0.1) is 11.2 Å². The first kappa shape index (κ1) is 19.0. The van der Waals surface area contributed by atoms with Crippen LogP contribution in [0.5, 0.6) is 0 Å². The molecule has 1 aliphatic heterocycles. The molecule has 1 aromatic carbocycles. The Morgan fingerprint density at radius 2 is 1.96 bits per heavy atom. The molecule has 1 fully saturated rings. The van der Waals surface area contributed by atoms with Crippen molar-refractivity contribution >= 4 is 11.9 Å².